The molecule has 0 spiro atoms. The summed E-state index contributed by atoms with van der Waals surface area (Å²) in [6.45, 7) is 5.74. The van der Waals surface area contributed by atoms with Crippen LogP contribution in [0.25, 0.3) is 0 Å². The Kier molecular flexibility index (Phi) is 10.8. The fourth-order valence-corrected chi connectivity index (χ4v) is 6.85. The number of carbonyl (C=O) groups is 2. The zero-order valence-corrected chi connectivity index (χ0v) is 25.7. The Hall–Kier alpha value is -3.65. The summed E-state index contributed by atoms with van der Waals surface area (Å²) >= 11 is 0. The molecule has 1 saturated carbocycles. The highest BCUT2D eigenvalue weighted by Crippen LogP contribution is 2.26. The van der Waals surface area contributed by atoms with E-state index in [1.165, 1.54) is 23.5 Å². The number of nitrogens with zero attached hydrogens (tertiary/aromatic N) is 2. The van der Waals surface area contributed by atoms with Gasteiger partial charge in [-0.05, 0) is 67.5 Å². The van der Waals surface area contributed by atoms with Crippen LogP contribution in [-0.4, -0.2) is 50.3 Å². The third-order valence-electron chi connectivity index (χ3n) is 8.06. The lowest BCUT2D eigenvalue weighted by Gasteiger charge is -2.33. The predicted molar refractivity (Wildman–Crippen MR) is 168 cm³/mol. The van der Waals surface area contributed by atoms with Crippen LogP contribution in [0.2, 0.25) is 0 Å². The van der Waals surface area contributed by atoms with Crippen molar-refractivity contribution in [1.82, 2.24) is 10.2 Å². The minimum atomic E-state index is -4.07. The maximum absolute atomic E-state index is 14.1. The summed E-state index contributed by atoms with van der Waals surface area (Å²) in [5, 5.41) is 3.15. The molecule has 0 radical (unpaired) electrons. The number of hydrogen-bond donors (Lipinski definition) is 1. The largest absolute Gasteiger partial charge is 0.352 e. The molecule has 0 heterocycles. The molecule has 3 aromatic rings. The number of anilines is 1. The van der Waals surface area contributed by atoms with E-state index >= 15 is 0 Å². The fraction of sp³-hybridized carbons (Fsp3) is 0.412. The molecule has 0 saturated heterocycles. The quantitative estimate of drug-likeness (QED) is 0.284. The zero-order valence-electron chi connectivity index (χ0n) is 24.9. The van der Waals surface area contributed by atoms with Gasteiger partial charge >= 0.3 is 0 Å². The lowest BCUT2D eigenvalue weighted by molar-refractivity contribution is -0.139. The van der Waals surface area contributed by atoms with Crippen molar-refractivity contribution in [3.05, 3.63) is 96.1 Å². The Bertz CT molecular complexity index is 1400. The van der Waals surface area contributed by atoms with Crippen LogP contribution in [0.4, 0.5) is 5.69 Å². The molecule has 2 amide bonds. The van der Waals surface area contributed by atoms with Gasteiger partial charge in [-0.2, -0.15) is 0 Å². The monoisotopic (exact) mass is 589 g/mol. The van der Waals surface area contributed by atoms with Crippen LogP contribution in [0.15, 0.2) is 89.8 Å². The number of hydrogen-bond acceptors (Lipinski definition) is 4. The highest BCUT2D eigenvalue weighted by atomic mass is 32.2. The third kappa shape index (κ3) is 8.00. The van der Waals surface area contributed by atoms with Gasteiger partial charge in [0.05, 0.1) is 10.6 Å². The zero-order chi connectivity index (χ0) is 30.1. The average Bonchev–Trinajstić information content (AvgIpc) is 3.01. The predicted octanol–water partition coefficient (Wildman–Crippen LogP) is 5.91. The smallest absolute Gasteiger partial charge is 0.264 e. The van der Waals surface area contributed by atoms with Crippen molar-refractivity contribution < 1.29 is 18.0 Å². The molecule has 8 heteroatoms. The first kappa shape index (κ1) is 31.3. The van der Waals surface area contributed by atoms with Gasteiger partial charge in [-0.1, -0.05) is 93.8 Å². The molecule has 1 fully saturated rings. The number of sulfonamides is 1. The molecule has 224 valence electrons. The first-order valence-corrected chi connectivity index (χ1v) is 16.4. The second kappa shape index (κ2) is 14.5. The van der Waals surface area contributed by atoms with Crippen LogP contribution in [-0.2, 0) is 26.0 Å². The highest BCUT2D eigenvalue weighted by Gasteiger charge is 2.33. The molecular formula is C34H43N3O4S. The molecule has 4 rings (SSSR count). The number of benzene rings is 3. The van der Waals surface area contributed by atoms with Crippen molar-refractivity contribution in [1.29, 1.82) is 0 Å². The van der Waals surface area contributed by atoms with Gasteiger partial charge in [-0.25, -0.2) is 8.42 Å². The van der Waals surface area contributed by atoms with E-state index in [1.807, 2.05) is 42.5 Å². The number of carbonyl (C=O) groups excluding carboxylic acids is 2. The fourth-order valence-electron chi connectivity index (χ4n) is 5.41. The Morgan fingerprint density at radius 3 is 2.02 bits per heavy atom. The first-order chi connectivity index (χ1) is 20.2. The molecule has 0 aliphatic heterocycles. The van der Waals surface area contributed by atoms with Gasteiger partial charge in [0.1, 0.15) is 12.6 Å². The number of rotatable bonds is 12. The highest BCUT2D eigenvalue weighted by molar-refractivity contribution is 7.92. The van der Waals surface area contributed by atoms with Gasteiger partial charge in [0.2, 0.25) is 11.8 Å². The van der Waals surface area contributed by atoms with Gasteiger partial charge in [0.25, 0.3) is 10.0 Å². The maximum atomic E-state index is 14.1. The normalized spacial score (nSPS) is 14.8. The summed E-state index contributed by atoms with van der Waals surface area (Å²) in [4.78, 5) is 29.1. The van der Waals surface area contributed by atoms with E-state index < -0.39 is 28.5 Å². The molecule has 42 heavy (non-hydrogen) atoms. The van der Waals surface area contributed by atoms with Crippen molar-refractivity contribution in [2.24, 2.45) is 0 Å². The van der Waals surface area contributed by atoms with Gasteiger partial charge < -0.3 is 10.2 Å². The summed E-state index contributed by atoms with van der Waals surface area (Å²) in [7, 11) is -4.07. The molecular weight excluding hydrogens is 546 g/mol. The average molecular weight is 590 g/mol. The summed E-state index contributed by atoms with van der Waals surface area (Å²) in [6, 6.07) is 24.6. The van der Waals surface area contributed by atoms with Crippen molar-refractivity contribution in [3.63, 3.8) is 0 Å². The van der Waals surface area contributed by atoms with Gasteiger partial charge in [-0.3, -0.25) is 13.9 Å². The second-order valence-electron chi connectivity index (χ2n) is 11.4. The van der Waals surface area contributed by atoms with Crippen LogP contribution in [0, 0.1) is 0 Å². The molecule has 1 aliphatic rings. The topological polar surface area (TPSA) is 86.8 Å². The molecule has 3 aromatic carbocycles. The van der Waals surface area contributed by atoms with E-state index in [0.29, 0.717) is 12.1 Å². The Morgan fingerprint density at radius 1 is 0.833 bits per heavy atom. The van der Waals surface area contributed by atoms with E-state index in [9.17, 15) is 18.0 Å². The standard InChI is InChI=1S/C34H43N3O4S/c1-26(2)29-19-21-31(22-20-29)37(42(40,41)32-17-11-6-12-18-32)25-33(38)36(24-23-28-13-7-4-8-14-28)27(3)34(39)35-30-15-9-5-10-16-30/h4,6-8,11-14,17-22,26-27,30H,5,9-10,15-16,23-25H2,1-3H3,(H,35,39). The van der Waals surface area contributed by atoms with Crippen molar-refractivity contribution >= 4 is 27.5 Å². The molecule has 1 unspecified atom stereocenters. The lowest BCUT2D eigenvalue weighted by Crippen LogP contribution is -2.53. The summed E-state index contributed by atoms with van der Waals surface area (Å²) < 4.78 is 29.0. The molecule has 1 atom stereocenters. The Morgan fingerprint density at radius 2 is 1.43 bits per heavy atom. The maximum Gasteiger partial charge on any atom is 0.264 e. The van der Waals surface area contributed by atoms with Crippen molar-refractivity contribution in [2.75, 3.05) is 17.4 Å². The van der Waals surface area contributed by atoms with Crippen LogP contribution in [0.5, 0.6) is 0 Å². The minimum Gasteiger partial charge on any atom is -0.352 e. The van der Waals surface area contributed by atoms with Gasteiger partial charge in [0, 0.05) is 12.6 Å². The van der Waals surface area contributed by atoms with E-state index in [-0.39, 0.29) is 29.3 Å². The van der Waals surface area contributed by atoms with E-state index in [2.05, 4.69) is 19.2 Å². The summed E-state index contributed by atoms with van der Waals surface area (Å²) in [5.41, 5.74) is 2.51. The first-order valence-electron chi connectivity index (χ1n) is 15.0. The van der Waals surface area contributed by atoms with E-state index in [0.717, 1.165) is 41.1 Å². The van der Waals surface area contributed by atoms with E-state index in [1.54, 1.807) is 37.3 Å². The van der Waals surface area contributed by atoms with Crippen LogP contribution in [0.1, 0.15) is 69.9 Å². The van der Waals surface area contributed by atoms with Crippen molar-refractivity contribution in [2.45, 2.75) is 82.2 Å². The Labute approximate surface area is 251 Å². The van der Waals surface area contributed by atoms with Crippen LogP contribution in [0.3, 0.4) is 0 Å². The van der Waals surface area contributed by atoms with Crippen molar-refractivity contribution in [3.8, 4) is 0 Å². The molecule has 1 N–H and O–H groups in total. The van der Waals surface area contributed by atoms with Crippen LogP contribution < -0.4 is 9.62 Å². The third-order valence-corrected chi connectivity index (χ3v) is 9.85. The summed E-state index contributed by atoms with van der Waals surface area (Å²) in [6.07, 6.45) is 5.75. The van der Waals surface area contributed by atoms with Crippen LogP contribution >= 0.6 is 0 Å². The molecule has 1 aliphatic carbocycles. The minimum absolute atomic E-state index is 0.102. The lowest BCUT2D eigenvalue weighted by atomic mass is 9.95. The van der Waals surface area contributed by atoms with E-state index in [4.69, 9.17) is 0 Å². The van der Waals surface area contributed by atoms with Gasteiger partial charge in [-0.15, -0.1) is 0 Å². The Balaban J connectivity index is 1.63. The van der Waals surface area contributed by atoms with Gasteiger partial charge in [0.15, 0.2) is 0 Å². The number of amides is 2. The second-order valence-corrected chi connectivity index (χ2v) is 13.3. The molecule has 7 nitrogen and oxygen atoms in total. The SMILES string of the molecule is CC(C)c1ccc(N(CC(=O)N(CCc2ccccc2)C(C)C(=O)NC2CCCCC2)S(=O)(=O)c2ccccc2)cc1. The number of nitrogens with one attached hydrogen (secondary N) is 1. The summed E-state index contributed by atoms with van der Waals surface area (Å²) in [5.74, 6) is -0.358. The molecule has 0 bridgehead atoms. The molecule has 0 aromatic heterocycles.